The Labute approximate surface area is 415 Å². The number of benzene rings is 8. The summed E-state index contributed by atoms with van der Waals surface area (Å²) < 4.78 is 5.24. The minimum absolute atomic E-state index is 0.366. The number of fused-ring (bicyclic) bond motifs is 6. The lowest BCUT2D eigenvalue weighted by molar-refractivity contribution is 0.426. The Bertz CT molecular complexity index is 3750. The van der Waals surface area contributed by atoms with Crippen molar-refractivity contribution in [1.82, 2.24) is 19.9 Å². The second-order valence-electron chi connectivity index (χ2n) is 15.7. The molecular formula is C56H36BCl3N4O2S2. The van der Waals surface area contributed by atoms with Crippen LogP contribution in [-0.4, -0.2) is 37.1 Å². The monoisotopic (exact) mass is 976 g/mol. The molecular weight excluding hydrogens is 942 g/mol. The number of halogens is 3. The third-order valence-corrected chi connectivity index (χ3v) is 14.5. The van der Waals surface area contributed by atoms with Gasteiger partial charge in [-0.25, -0.2) is 19.9 Å². The summed E-state index contributed by atoms with van der Waals surface area (Å²) in [6.07, 6.45) is 2.81. The maximum atomic E-state index is 9.47. The first-order valence-electron chi connectivity index (χ1n) is 21.4. The predicted molar refractivity (Wildman–Crippen MR) is 288 cm³/mol. The van der Waals surface area contributed by atoms with Crippen molar-refractivity contribution in [2.24, 2.45) is 0 Å². The van der Waals surface area contributed by atoms with Crippen LogP contribution in [0, 0.1) is 0 Å². The topological polar surface area (TPSA) is 92.0 Å². The molecule has 0 amide bonds. The third-order valence-electron chi connectivity index (χ3n) is 11.4. The Balaban J connectivity index is 0.000000137. The van der Waals surface area contributed by atoms with Crippen LogP contribution in [0.25, 0.3) is 96.1 Å². The van der Waals surface area contributed by atoms with Crippen LogP contribution in [0.5, 0.6) is 0 Å². The molecule has 4 aromatic heterocycles. The Hall–Kier alpha value is -6.79. The highest BCUT2D eigenvalue weighted by atomic mass is 35.5. The van der Waals surface area contributed by atoms with Crippen molar-refractivity contribution in [2.75, 3.05) is 0 Å². The van der Waals surface area contributed by atoms with E-state index < -0.39 is 7.12 Å². The molecule has 0 aliphatic heterocycles. The number of hydrogen-bond acceptors (Lipinski definition) is 8. The van der Waals surface area contributed by atoms with Gasteiger partial charge in [0.15, 0.2) is 0 Å². The van der Waals surface area contributed by atoms with Crippen molar-refractivity contribution < 1.29 is 10.0 Å². The number of hydrogen-bond donors (Lipinski definition) is 2. The van der Waals surface area contributed by atoms with E-state index in [2.05, 4.69) is 172 Å². The summed E-state index contributed by atoms with van der Waals surface area (Å²) >= 11 is 20.6. The predicted octanol–water partition coefficient (Wildman–Crippen LogP) is 15.4. The van der Waals surface area contributed by atoms with E-state index in [4.69, 9.17) is 34.8 Å². The smallest absolute Gasteiger partial charge is 0.423 e. The van der Waals surface area contributed by atoms with E-state index in [1.54, 1.807) is 12.1 Å². The Morgan fingerprint density at radius 1 is 0.353 bits per heavy atom. The van der Waals surface area contributed by atoms with Gasteiger partial charge in [0.25, 0.3) is 0 Å². The maximum Gasteiger partial charge on any atom is 0.488 e. The first-order chi connectivity index (χ1) is 33.3. The van der Waals surface area contributed by atoms with Crippen LogP contribution in [0.3, 0.4) is 0 Å². The van der Waals surface area contributed by atoms with Crippen LogP contribution >= 0.6 is 57.5 Å². The molecule has 0 fully saturated rings. The number of aromatic nitrogens is 4. The normalized spacial score (nSPS) is 11.0. The molecule has 68 heavy (non-hydrogen) atoms. The SMILES string of the molecule is Clc1cc(-c2cccc(-c3cccc(-c4cccc5c4sc4ccccc45)c3)c2)ncn1.Clc1cc(Cl)ncn1.OB(O)c1cccc(-c2cccc(-c3cccc4c3sc3ccccc34)c2)c1. The first-order valence-corrected chi connectivity index (χ1v) is 24.2. The molecule has 0 saturated heterocycles. The van der Waals surface area contributed by atoms with Crippen LogP contribution in [0.1, 0.15) is 0 Å². The van der Waals surface area contributed by atoms with E-state index in [0.29, 0.717) is 20.9 Å². The van der Waals surface area contributed by atoms with Crippen molar-refractivity contribution in [1.29, 1.82) is 0 Å². The van der Waals surface area contributed by atoms with Crippen LogP contribution < -0.4 is 5.46 Å². The summed E-state index contributed by atoms with van der Waals surface area (Å²) in [6.45, 7) is 0. The average Bonchev–Trinajstić information content (AvgIpc) is 3.96. The van der Waals surface area contributed by atoms with Crippen molar-refractivity contribution >= 4 is 110 Å². The molecule has 12 aromatic rings. The molecule has 0 bridgehead atoms. The number of thiophene rings is 2. The lowest BCUT2D eigenvalue weighted by atomic mass is 9.79. The molecule has 4 heterocycles. The molecule has 0 aliphatic carbocycles. The van der Waals surface area contributed by atoms with Crippen LogP contribution in [0.15, 0.2) is 207 Å². The second-order valence-corrected chi connectivity index (χ2v) is 19.0. The summed E-state index contributed by atoms with van der Waals surface area (Å²) in [4.78, 5) is 15.6. The molecule has 8 aromatic carbocycles. The molecule has 0 unspecified atom stereocenters. The van der Waals surface area contributed by atoms with Gasteiger partial charge in [-0.3, -0.25) is 0 Å². The summed E-state index contributed by atoms with van der Waals surface area (Å²) in [5.74, 6) is 0. The van der Waals surface area contributed by atoms with Gasteiger partial charge in [-0.15, -0.1) is 22.7 Å². The van der Waals surface area contributed by atoms with Gasteiger partial charge in [0, 0.05) is 58.0 Å². The van der Waals surface area contributed by atoms with Gasteiger partial charge in [-0.1, -0.05) is 186 Å². The molecule has 0 aliphatic rings. The van der Waals surface area contributed by atoms with E-state index in [0.717, 1.165) is 33.5 Å². The molecule has 12 heteroatoms. The van der Waals surface area contributed by atoms with Crippen LogP contribution in [-0.2, 0) is 0 Å². The van der Waals surface area contributed by atoms with Crippen molar-refractivity contribution in [3.63, 3.8) is 0 Å². The van der Waals surface area contributed by atoms with Gasteiger partial charge in [0.1, 0.15) is 28.1 Å². The van der Waals surface area contributed by atoms with Gasteiger partial charge in [0.05, 0.1) is 5.69 Å². The van der Waals surface area contributed by atoms with Gasteiger partial charge in [0.2, 0.25) is 0 Å². The second kappa shape index (κ2) is 20.2. The minimum atomic E-state index is -1.46. The highest BCUT2D eigenvalue weighted by molar-refractivity contribution is 7.26. The highest BCUT2D eigenvalue weighted by Crippen LogP contribution is 2.42. The molecule has 6 nitrogen and oxygen atoms in total. The molecule has 12 rings (SSSR count). The Kier molecular flexibility index (Phi) is 13.4. The zero-order valence-corrected chi connectivity index (χ0v) is 39.7. The zero-order valence-electron chi connectivity index (χ0n) is 35.8. The lowest BCUT2D eigenvalue weighted by Gasteiger charge is -2.09. The highest BCUT2D eigenvalue weighted by Gasteiger charge is 2.15. The maximum absolute atomic E-state index is 9.47. The van der Waals surface area contributed by atoms with E-state index in [1.165, 1.54) is 81.3 Å². The average molecular weight is 978 g/mol. The number of nitrogens with zero attached hydrogens (tertiary/aromatic N) is 4. The lowest BCUT2D eigenvalue weighted by Crippen LogP contribution is -2.29. The van der Waals surface area contributed by atoms with Gasteiger partial charge >= 0.3 is 7.12 Å². The molecule has 0 atom stereocenters. The summed E-state index contributed by atoms with van der Waals surface area (Å²) in [5.41, 5.74) is 11.5. The summed E-state index contributed by atoms with van der Waals surface area (Å²) in [7, 11) is -1.46. The minimum Gasteiger partial charge on any atom is -0.423 e. The van der Waals surface area contributed by atoms with E-state index in [-0.39, 0.29) is 0 Å². The Morgan fingerprint density at radius 3 is 1.24 bits per heavy atom. The molecule has 328 valence electrons. The fourth-order valence-electron chi connectivity index (χ4n) is 8.22. The number of rotatable bonds is 6. The molecule has 0 spiro atoms. The summed E-state index contributed by atoms with van der Waals surface area (Å²) in [6, 6.07) is 66.4. The molecule has 0 saturated carbocycles. The standard InChI is InChI=1S/C28H17ClN2S.C24H17BO2S.C4H2Cl2N2/c29-27-16-25(30-17-31-27)21-9-4-7-19(15-21)18-6-3-8-20(14-18)22-11-5-12-24-23-10-1-2-13-26(23)32-28(22)24;26-25(27)19-9-4-7-17(15-19)16-6-3-8-18(14-16)20-11-5-12-22-21-10-1-2-13-23(21)28-24(20)22;5-3-1-4(6)8-2-7-3/h1-17H;1-15,26-27H;1-2H. The third kappa shape index (κ3) is 9.78. The summed E-state index contributed by atoms with van der Waals surface area (Å²) in [5, 5.41) is 25.3. The first kappa shape index (κ1) is 45.0. The van der Waals surface area contributed by atoms with Crippen molar-refractivity contribution in [3.8, 4) is 55.8 Å². The largest absolute Gasteiger partial charge is 0.488 e. The Morgan fingerprint density at radius 2 is 0.750 bits per heavy atom. The van der Waals surface area contributed by atoms with E-state index >= 15 is 0 Å². The van der Waals surface area contributed by atoms with E-state index in [1.807, 2.05) is 46.9 Å². The molecule has 2 N–H and O–H groups in total. The quantitative estimate of drug-likeness (QED) is 0.127. The van der Waals surface area contributed by atoms with Crippen molar-refractivity contribution in [2.45, 2.75) is 0 Å². The van der Waals surface area contributed by atoms with E-state index in [9.17, 15) is 10.0 Å². The fraction of sp³-hybridized carbons (Fsp3) is 0. The molecule has 0 radical (unpaired) electrons. The van der Waals surface area contributed by atoms with Crippen LogP contribution in [0.4, 0.5) is 0 Å². The van der Waals surface area contributed by atoms with Gasteiger partial charge < -0.3 is 10.0 Å². The zero-order chi connectivity index (χ0) is 46.6. The van der Waals surface area contributed by atoms with Crippen LogP contribution in [0.2, 0.25) is 15.5 Å². The van der Waals surface area contributed by atoms with Gasteiger partial charge in [-0.05, 0) is 80.3 Å². The fourth-order valence-corrected chi connectivity index (χ4v) is 11.2. The van der Waals surface area contributed by atoms with Gasteiger partial charge in [-0.2, -0.15) is 0 Å². The van der Waals surface area contributed by atoms with Crippen molar-refractivity contribution in [3.05, 3.63) is 222 Å².